The van der Waals surface area contributed by atoms with Gasteiger partial charge in [-0.25, -0.2) is 0 Å². The zero-order valence-corrected chi connectivity index (χ0v) is 14.4. The lowest BCUT2D eigenvalue weighted by Crippen LogP contribution is -2.31. The molecule has 0 N–H and O–H groups in total. The van der Waals surface area contributed by atoms with Gasteiger partial charge in [-0.2, -0.15) is 0 Å². The summed E-state index contributed by atoms with van der Waals surface area (Å²) in [5.41, 5.74) is 6.29. The monoisotopic (exact) mass is 301 g/mol. The van der Waals surface area contributed by atoms with Crippen molar-refractivity contribution >= 4 is 21.7 Å². The fourth-order valence-electron chi connectivity index (χ4n) is 5.60. The molecule has 1 nitrogen and oxygen atoms in total. The Morgan fingerprint density at radius 3 is 2.57 bits per heavy atom. The van der Waals surface area contributed by atoms with Gasteiger partial charge in [0.25, 0.3) is 0 Å². The number of pyridine rings is 1. The summed E-state index contributed by atoms with van der Waals surface area (Å²) in [7, 11) is 0. The van der Waals surface area contributed by atoms with Crippen molar-refractivity contribution in [2.24, 2.45) is 5.41 Å². The maximum Gasteiger partial charge on any atom is 0.0783 e. The zero-order chi connectivity index (χ0) is 16.0. The minimum atomic E-state index is 0.281. The zero-order valence-electron chi connectivity index (χ0n) is 14.4. The maximum absolute atomic E-state index is 4.94. The number of nitrogens with zero attached hydrogens (tertiary/aromatic N) is 1. The van der Waals surface area contributed by atoms with Crippen LogP contribution in [0.15, 0.2) is 36.5 Å². The predicted molar refractivity (Wildman–Crippen MR) is 97.1 cm³/mol. The van der Waals surface area contributed by atoms with Crippen molar-refractivity contribution in [3.63, 3.8) is 0 Å². The van der Waals surface area contributed by atoms with E-state index in [-0.39, 0.29) is 5.41 Å². The Labute approximate surface area is 137 Å². The molecule has 1 saturated carbocycles. The SMILES string of the molecule is Cc1cc2c3c(cnc2c2ccccc12)[C@@H]1CCC3(C)C1(C)C. The summed E-state index contributed by atoms with van der Waals surface area (Å²) in [6, 6.07) is 11.1. The molecule has 3 aromatic rings. The molecule has 23 heavy (non-hydrogen) atoms. The van der Waals surface area contributed by atoms with Gasteiger partial charge in [-0.15, -0.1) is 0 Å². The fourth-order valence-corrected chi connectivity index (χ4v) is 5.60. The van der Waals surface area contributed by atoms with Gasteiger partial charge in [-0.3, -0.25) is 4.98 Å². The topological polar surface area (TPSA) is 12.9 Å². The third-order valence-electron chi connectivity index (χ3n) is 7.27. The second kappa shape index (κ2) is 3.95. The number of hydrogen-bond acceptors (Lipinski definition) is 1. The first kappa shape index (κ1) is 13.5. The molecular weight excluding hydrogens is 278 g/mol. The molecule has 2 atom stereocenters. The molecule has 5 rings (SSSR count). The van der Waals surface area contributed by atoms with E-state index in [2.05, 4.69) is 64.2 Å². The van der Waals surface area contributed by atoms with E-state index in [1.165, 1.54) is 45.6 Å². The van der Waals surface area contributed by atoms with Crippen LogP contribution in [0, 0.1) is 12.3 Å². The van der Waals surface area contributed by atoms with E-state index >= 15 is 0 Å². The summed E-state index contributed by atoms with van der Waals surface area (Å²) in [5.74, 6) is 0.672. The highest BCUT2D eigenvalue weighted by Crippen LogP contribution is 2.68. The molecule has 116 valence electrons. The van der Waals surface area contributed by atoms with Gasteiger partial charge in [-0.1, -0.05) is 45.0 Å². The van der Waals surface area contributed by atoms with E-state index < -0.39 is 0 Å². The number of hydrogen-bond donors (Lipinski definition) is 0. The lowest BCUT2D eigenvalue weighted by Gasteiger charge is -2.36. The molecule has 0 aliphatic heterocycles. The van der Waals surface area contributed by atoms with E-state index in [1.54, 1.807) is 5.56 Å². The molecule has 1 heteroatoms. The summed E-state index contributed by atoms with van der Waals surface area (Å²) in [5, 5.41) is 4.03. The molecule has 0 saturated heterocycles. The maximum atomic E-state index is 4.94. The predicted octanol–water partition coefficient (Wildman–Crippen LogP) is 5.87. The van der Waals surface area contributed by atoms with Crippen LogP contribution in [0.3, 0.4) is 0 Å². The molecule has 1 aromatic heterocycles. The third-order valence-corrected chi connectivity index (χ3v) is 7.27. The Morgan fingerprint density at radius 2 is 1.78 bits per heavy atom. The van der Waals surface area contributed by atoms with Gasteiger partial charge in [0.2, 0.25) is 0 Å². The molecule has 2 aromatic carbocycles. The van der Waals surface area contributed by atoms with Crippen molar-refractivity contribution < 1.29 is 0 Å². The Morgan fingerprint density at radius 1 is 1.04 bits per heavy atom. The van der Waals surface area contributed by atoms with Crippen molar-refractivity contribution in [3.05, 3.63) is 53.2 Å². The van der Waals surface area contributed by atoms with Crippen molar-refractivity contribution in [2.45, 2.75) is 51.9 Å². The highest BCUT2D eigenvalue weighted by Gasteiger charge is 2.59. The van der Waals surface area contributed by atoms with Crippen LogP contribution in [-0.4, -0.2) is 4.98 Å². The van der Waals surface area contributed by atoms with Gasteiger partial charge in [0.15, 0.2) is 0 Å². The van der Waals surface area contributed by atoms with Crippen molar-refractivity contribution in [3.8, 4) is 0 Å². The smallest absolute Gasteiger partial charge is 0.0783 e. The van der Waals surface area contributed by atoms with Crippen LogP contribution in [0.25, 0.3) is 21.7 Å². The Kier molecular flexibility index (Phi) is 2.33. The van der Waals surface area contributed by atoms with Crippen LogP contribution in [0.4, 0.5) is 0 Å². The van der Waals surface area contributed by atoms with E-state index in [0.29, 0.717) is 11.3 Å². The van der Waals surface area contributed by atoms with Gasteiger partial charge < -0.3 is 0 Å². The quantitative estimate of drug-likeness (QED) is 0.473. The first-order valence-electron chi connectivity index (χ1n) is 8.76. The lowest BCUT2D eigenvalue weighted by atomic mass is 9.68. The van der Waals surface area contributed by atoms with Gasteiger partial charge in [-0.05, 0) is 64.7 Å². The number of fused-ring (bicyclic) bond motifs is 9. The Bertz CT molecular complexity index is 982. The molecule has 0 radical (unpaired) electrons. The summed E-state index contributed by atoms with van der Waals surface area (Å²) in [6.45, 7) is 9.65. The summed E-state index contributed by atoms with van der Waals surface area (Å²) in [4.78, 5) is 4.94. The average molecular weight is 301 g/mol. The van der Waals surface area contributed by atoms with Gasteiger partial charge in [0, 0.05) is 17.0 Å². The average Bonchev–Trinajstić information content (AvgIpc) is 2.87. The third kappa shape index (κ3) is 1.38. The van der Waals surface area contributed by atoms with E-state index in [9.17, 15) is 0 Å². The van der Waals surface area contributed by atoms with Gasteiger partial charge >= 0.3 is 0 Å². The molecule has 0 amide bonds. The van der Waals surface area contributed by atoms with Gasteiger partial charge in [0.05, 0.1) is 5.52 Å². The minimum Gasteiger partial charge on any atom is -0.255 e. The Hall–Kier alpha value is -1.89. The van der Waals surface area contributed by atoms with Crippen LogP contribution in [0.5, 0.6) is 0 Å². The summed E-state index contributed by atoms with van der Waals surface area (Å²) in [6.07, 6.45) is 4.81. The first-order valence-corrected chi connectivity index (χ1v) is 8.76. The van der Waals surface area contributed by atoms with Crippen LogP contribution < -0.4 is 0 Å². The molecule has 1 fully saturated rings. The van der Waals surface area contributed by atoms with Crippen molar-refractivity contribution in [1.82, 2.24) is 4.98 Å². The Balaban J connectivity index is 1.98. The second-order valence-corrected chi connectivity index (χ2v) is 8.37. The minimum absolute atomic E-state index is 0.281. The molecule has 2 aliphatic rings. The van der Waals surface area contributed by atoms with E-state index in [4.69, 9.17) is 4.98 Å². The number of rotatable bonds is 0. The highest BCUT2D eigenvalue weighted by atomic mass is 14.7. The van der Waals surface area contributed by atoms with E-state index in [1.807, 2.05) is 0 Å². The summed E-state index contributed by atoms with van der Waals surface area (Å²) < 4.78 is 0. The second-order valence-electron chi connectivity index (χ2n) is 8.37. The standard InChI is InChI=1S/C22H23N/c1-13-11-16-19-17(18-9-10-22(19,4)21(18,2)3)12-23-20(16)15-8-6-5-7-14(13)15/h5-8,11-12,18H,9-10H2,1-4H3/t18-,22?/m0/s1. The fraction of sp³-hybridized carbons (Fsp3) is 0.409. The molecule has 1 unspecified atom stereocenters. The van der Waals surface area contributed by atoms with E-state index in [0.717, 1.165) is 0 Å². The number of aryl methyl sites for hydroxylation is 1. The van der Waals surface area contributed by atoms with Crippen molar-refractivity contribution in [2.75, 3.05) is 0 Å². The molecule has 0 spiro atoms. The molecule has 2 bridgehead atoms. The van der Waals surface area contributed by atoms with Gasteiger partial charge in [0.1, 0.15) is 0 Å². The van der Waals surface area contributed by atoms with Crippen LogP contribution >= 0.6 is 0 Å². The number of aromatic nitrogens is 1. The van der Waals surface area contributed by atoms with Crippen LogP contribution in [-0.2, 0) is 5.41 Å². The van der Waals surface area contributed by atoms with Crippen LogP contribution in [0.2, 0.25) is 0 Å². The van der Waals surface area contributed by atoms with Crippen LogP contribution in [0.1, 0.15) is 56.2 Å². The lowest BCUT2D eigenvalue weighted by molar-refractivity contribution is 0.232. The number of benzene rings is 2. The highest BCUT2D eigenvalue weighted by molar-refractivity contribution is 6.08. The summed E-state index contributed by atoms with van der Waals surface area (Å²) >= 11 is 0. The normalized spacial score (nSPS) is 27.7. The molecule has 1 heterocycles. The first-order chi connectivity index (χ1) is 10.9. The molecular formula is C22H23N. The van der Waals surface area contributed by atoms with Crippen molar-refractivity contribution in [1.29, 1.82) is 0 Å². The largest absolute Gasteiger partial charge is 0.255 e. The molecule has 2 aliphatic carbocycles.